The lowest BCUT2D eigenvalue weighted by Gasteiger charge is -2.15. The molecule has 0 aliphatic carbocycles. The molecule has 1 unspecified atom stereocenters. The third-order valence-electron chi connectivity index (χ3n) is 2.48. The van der Waals surface area contributed by atoms with Gasteiger partial charge in [-0.2, -0.15) is 0 Å². The summed E-state index contributed by atoms with van der Waals surface area (Å²) in [5.74, 6) is 0.627. The summed E-state index contributed by atoms with van der Waals surface area (Å²) in [6, 6.07) is 9.83. The molecular formula is C13H13ClN2O2. The first-order chi connectivity index (χ1) is 8.72. The van der Waals surface area contributed by atoms with E-state index < -0.39 is 0 Å². The quantitative estimate of drug-likeness (QED) is 0.850. The first kappa shape index (κ1) is 12.6. The highest BCUT2D eigenvalue weighted by Gasteiger charge is 2.14. The van der Waals surface area contributed by atoms with Gasteiger partial charge in [0.05, 0.1) is 7.11 Å². The van der Waals surface area contributed by atoms with Crippen LogP contribution in [0.15, 0.2) is 36.7 Å². The molecule has 0 aliphatic heterocycles. The Morgan fingerprint density at radius 3 is 2.44 bits per heavy atom. The number of methoxy groups -OCH3 is 1. The van der Waals surface area contributed by atoms with Gasteiger partial charge >= 0.3 is 0 Å². The molecule has 1 atom stereocenters. The summed E-state index contributed by atoms with van der Waals surface area (Å²) in [7, 11) is 1.50. The summed E-state index contributed by atoms with van der Waals surface area (Å²) in [5.41, 5.74) is 1.05. The number of ether oxygens (including phenoxy) is 2. The molecule has 0 aliphatic rings. The largest absolute Gasteiger partial charge is 0.480 e. The van der Waals surface area contributed by atoms with Gasteiger partial charge in [-0.05, 0) is 12.5 Å². The van der Waals surface area contributed by atoms with Crippen LogP contribution in [0.5, 0.6) is 11.8 Å². The molecule has 4 nitrogen and oxygen atoms in total. The lowest BCUT2D eigenvalue weighted by Crippen LogP contribution is -2.05. The monoisotopic (exact) mass is 264 g/mol. The number of hydrogen-bond donors (Lipinski definition) is 0. The minimum atomic E-state index is -0.150. The fraction of sp³-hybridized carbons (Fsp3) is 0.231. The lowest BCUT2D eigenvalue weighted by molar-refractivity contribution is 0.215. The molecule has 1 aromatic carbocycles. The van der Waals surface area contributed by atoms with Gasteiger partial charge < -0.3 is 9.47 Å². The summed E-state index contributed by atoms with van der Waals surface area (Å²) in [6.45, 7) is 1.93. The maximum Gasteiger partial charge on any atom is 0.240 e. The molecule has 1 heterocycles. The Hall–Kier alpha value is -1.81. The first-order valence-corrected chi connectivity index (χ1v) is 5.86. The minimum Gasteiger partial charge on any atom is -0.480 e. The molecule has 0 N–H and O–H groups in total. The van der Waals surface area contributed by atoms with Gasteiger partial charge in [-0.15, -0.1) is 0 Å². The Kier molecular flexibility index (Phi) is 3.99. The Morgan fingerprint density at radius 1 is 1.11 bits per heavy atom. The maximum absolute atomic E-state index is 6.07. The summed E-state index contributed by atoms with van der Waals surface area (Å²) < 4.78 is 10.7. The lowest BCUT2D eigenvalue weighted by atomic mass is 10.1. The van der Waals surface area contributed by atoms with E-state index in [-0.39, 0.29) is 11.1 Å². The molecule has 0 saturated heterocycles. The molecule has 94 valence electrons. The van der Waals surface area contributed by atoms with Gasteiger partial charge in [0, 0.05) is 0 Å². The van der Waals surface area contributed by atoms with Crippen LogP contribution in [0.1, 0.15) is 18.6 Å². The molecule has 0 spiro atoms. The number of hydrogen-bond acceptors (Lipinski definition) is 4. The van der Waals surface area contributed by atoms with E-state index in [1.807, 2.05) is 37.3 Å². The number of nitrogens with zero attached hydrogens (tertiary/aromatic N) is 2. The second kappa shape index (κ2) is 5.69. The Labute approximate surface area is 111 Å². The van der Waals surface area contributed by atoms with Crippen LogP contribution in [-0.2, 0) is 0 Å². The topological polar surface area (TPSA) is 44.2 Å². The Morgan fingerprint density at radius 2 is 1.78 bits per heavy atom. The van der Waals surface area contributed by atoms with Crippen molar-refractivity contribution >= 4 is 11.6 Å². The highest BCUT2D eigenvalue weighted by atomic mass is 35.5. The zero-order valence-electron chi connectivity index (χ0n) is 10.1. The molecular weight excluding hydrogens is 252 g/mol. The molecule has 0 radical (unpaired) electrons. The molecule has 1 aromatic heterocycles. The molecule has 18 heavy (non-hydrogen) atoms. The van der Waals surface area contributed by atoms with Gasteiger partial charge in [-0.3, -0.25) is 0 Å². The molecule has 0 fully saturated rings. The average molecular weight is 265 g/mol. The van der Waals surface area contributed by atoms with Gasteiger partial charge in [0.25, 0.3) is 0 Å². The predicted octanol–water partition coefficient (Wildman–Crippen LogP) is 3.28. The molecule has 0 amide bonds. The number of aromatic nitrogens is 2. The molecule has 2 aromatic rings. The van der Waals surface area contributed by atoms with Crippen LogP contribution in [0, 0.1) is 0 Å². The highest BCUT2D eigenvalue weighted by molar-refractivity contribution is 6.33. The SMILES string of the molecule is COc1ncnc(OC(C)c2ccccc2)c1Cl. The van der Waals surface area contributed by atoms with Crippen molar-refractivity contribution in [2.45, 2.75) is 13.0 Å². The standard InChI is InChI=1S/C13H13ClN2O2/c1-9(10-6-4-3-5-7-10)18-13-11(14)12(17-2)15-8-16-13/h3-9H,1-2H3. The van der Waals surface area contributed by atoms with Crippen molar-refractivity contribution in [2.75, 3.05) is 7.11 Å². The first-order valence-electron chi connectivity index (χ1n) is 5.48. The van der Waals surface area contributed by atoms with Crippen molar-refractivity contribution in [3.8, 4) is 11.8 Å². The van der Waals surface area contributed by atoms with Crippen molar-refractivity contribution in [3.63, 3.8) is 0 Å². The van der Waals surface area contributed by atoms with E-state index >= 15 is 0 Å². The van der Waals surface area contributed by atoms with E-state index in [4.69, 9.17) is 21.1 Å². The summed E-state index contributed by atoms with van der Waals surface area (Å²) in [5, 5.41) is 0.280. The van der Waals surface area contributed by atoms with Crippen molar-refractivity contribution in [2.24, 2.45) is 0 Å². The van der Waals surface area contributed by atoms with Crippen LogP contribution in [0.3, 0.4) is 0 Å². The highest BCUT2D eigenvalue weighted by Crippen LogP contribution is 2.32. The predicted molar refractivity (Wildman–Crippen MR) is 69.1 cm³/mol. The van der Waals surface area contributed by atoms with E-state index in [1.54, 1.807) is 0 Å². The fourth-order valence-electron chi connectivity index (χ4n) is 1.52. The maximum atomic E-state index is 6.07. The van der Waals surface area contributed by atoms with Crippen LogP contribution < -0.4 is 9.47 Å². The van der Waals surface area contributed by atoms with E-state index in [1.165, 1.54) is 13.4 Å². The second-order valence-electron chi connectivity index (χ2n) is 3.67. The number of rotatable bonds is 4. The Bertz CT molecular complexity index is 520. The number of benzene rings is 1. The number of halogens is 1. The third kappa shape index (κ3) is 2.71. The normalized spacial score (nSPS) is 11.9. The van der Waals surface area contributed by atoms with Crippen LogP contribution >= 0.6 is 11.6 Å². The minimum absolute atomic E-state index is 0.150. The second-order valence-corrected chi connectivity index (χ2v) is 4.05. The van der Waals surface area contributed by atoms with Gasteiger partial charge in [0.1, 0.15) is 12.4 Å². The summed E-state index contributed by atoms with van der Waals surface area (Å²) in [6.07, 6.45) is 1.21. The Balaban J connectivity index is 2.19. The molecule has 5 heteroatoms. The summed E-state index contributed by atoms with van der Waals surface area (Å²) >= 11 is 6.07. The third-order valence-corrected chi connectivity index (χ3v) is 2.80. The van der Waals surface area contributed by atoms with E-state index in [0.717, 1.165) is 5.56 Å². The average Bonchev–Trinajstić information content (AvgIpc) is 2.42. The molecule has 0 saturated carbocycles. The molecule has 0 bridgehead atoms. The van der Waals surface area contributed by atoms with Crippen LogP contribution in [0.2, 0.25) is 5.02 Å². The summed E-state index contributed by atoms with van der Waals surface area (Å²) in [4.78, 5) is 7.90. The van der Waals surface area contributed by atoms with E-state index in [2.05, 4.69) is 9.97 Å². The van der Waals surface area contributed by atoms with Crippen molar-refractivity contribution < 1.29 is 9.47 Å². The van der Waals surface area contributed by atoms with Crippen molar-refractivity contribution in [3.05, 3.63) is 47.2 Å². The zero-order valence-corrected chi connectivity index (χ0v) is 10.9. The van der Waals surface area contributed by atoms with Crippen molar-refractivity contribution in [1.29, 1.82) is 0 Å². The molecule has 2 rings (SSSR count). The van der Waals surface area contributed by atoms with Gasteiger partial charge in [0.15, 0.2) is 5.02 Å². The van der Waals surface area contributed by atoms with Gasteiger partial charge in [-0.25, -0.2) is 9.97 Å². The smallest absolute Gasteiger partial charge is 0.240 e. The van der Waals surface area contributed by atoms with Gasteiger partial charge in [-0.1, -0.05) is 41.9 Å². The van der Waals surface area contributed by atoms with Crippen molar-refractivity contribution in [1.82, 2.24) is 9.97 Å². The van der Waals surface area contributed by atoms with Gasteiger partial charge in [0.2, 0.25) is 11.8 Å². The van der Waals surface area contributed by atoms with Crippen LogP contribution in [-0.4, -0.2) is 17.1 Å². The van der Waals surface area contributed by atoms with Crippen LogP contribution in [0.25, 0.3) is 0 Å². The van der Waals surface area contributed by atoms with E-state index in [9.17, 15) is 0 Å². The van der Waals surface area contributed by atoms with E-state index in [0.29, 0.717) is 11.8 Å². The van der Waals surface area contributed by atoms with Crippen LogP contribution in [0.4, 0.5) is 0 Å². The fourth-order valence-corrected chi connectivity index (χ4v) is 1.74. The zero-order chi connectivity index (χ0) is 13.0.